The number of carbonyl (C=O) groups is 2. The summed E-state index contributed by atoms with van der Waals surface area (Å²) in [5.74, 6) is -0.719. The van der Waals surface area contributed by atoms with Crippen LogP contribution < -0.4 is 0 Å². The molecule has 1 amide bonds. The first-order chi connectivity index (χ1) is 12.3. The van der Waals surface area contributed by atoms with Gasteiger partial charge < -0.3 is 9.64 Å². The Morgan fingerprint density at radius 3 is 2.27 bits per heavy atom. The van der Waals surface area contributed by atoms with Crippen LogP contribution in [0, 0.1) is 0 Å². The highest BCUT2D eigenvalue weighted by Crippen LogP contribution is 2.30. The number of ether oxygens (including phenoxy) is 1. The lowest BCUT2D eigenvalue weighted by molar-refractivity contribution is -0.143. The maximum Gasteiger partial charge on any atom is 0.416 e. The largest absolute Gasteiger partial charge is 0.466 e. The smallest absolute Gasteiger partial charge is 0.416 e. The molecule has 0 bridgehead atoms. The van der Waals surface area contributed by atoms with Crippen molar-refractivity contribution in [3.05, 3.63) is 35.4 Å². The molecule has 1 saturated carbocycles. The number of amides is 1. The van der Waals surface area contributed by atoms with Crippen LogP contribution in [0.25, 0.3) is 0 Å². The van der Waals surface area contributed by atoms with Gasteiger partial charge in [0.1, 0.15) is 0 Å². The van der Waals surface area contributed by atoms with Crippen molar-refractivity contribution < 1.29 is 27.5 Å². The quantitative estimate of drug-likeness (QED) is 0.695. The third-order valence-corrected chi connectivity index (χ3v) is 4.60. The molecule has 0 saturated heterocycles. The molecule has 1 aromatic rings. The lowest BCUT2D eigenvalue weighted by atomic mass is 9.93. The Morgan fingerprint density at radius 2 is 1.73 bits per heavy atom. The third kappa shape index (κ3) is 5.47. The number of hydrogen-bond acceptors (Lipinski definition) is 3. The summed E-state index contributed by atoms with van der Waals surface area (Å²) in [5, 5.41) is 0. The van der Waals surface area contributed by atoms with E-state index in [9.17, 15) is 22.8 Å². The number of halogens is 3. The van der Waals surface area contributed by atoms with Crippen LogP contribution in [0.15, 0.2) is 24.3 Å². The van der Waals surface area contributed by atoms with Crippen LogP contribution in [0.5, 0.6) is 0 Å². The van der Waals surface area contributed by atoms with Gasteiger partial charge in [-0.1, -0.05) is 19.3 Å². The average Bonchev–Trinajstić information content (AvgIpc) is 2.62. The molecule has 1 aliphatic rings. The first kappa shape index (κ1) is 20.3. The van der Waals surface area contributed by atoms with Crippen LogP contribution in [0.4, 0.5) is 13.2 Å². The highest BCUT2D eigenvalue weighted by molar-refractivity contribution is 5.94. The van der Waals surface area contributed by atoms with E-state index in [0.717, 1.165) is 44.2 Å². The van der Waals surface area contributed by atoms with Crippen molar-refractivity contribution in [3.8, 4) is 0 Å². The van der Waals surface area contributed by atoms with Crippen LogP contribution in [0.2, 0.25) is 0 Å². The van der Waals surface area contributed by atoms with Crippen molar-refractivity contribution in [2.45, 2.75) is 57.7 Å². The van der Waals surface area contributed by atoms with Crippen LogP contribution in [0.3, 0.4) is 0 Å². The van der Waals surface area contributed by atoms with E-state index in [1.54, 1.807) is 11.8 Å². The predicted octanol–water partition coefficient (Wildman–Crippen LogP) is 4.43. The van der Waals surface area contributed by atoms with Gasteiger partial charge in [-0.25, -0.2) is 0 Å². The lowest BCUT2D eigenvalue weighted by Crippen LogP contribution is -2.42. The Hall–Kier alpha value is -2.05. The molecule has 0 spiro atoms. The van der Waals surface area contributed by atoms with E-state index in [-0.39, 0.29) is 43.1 Å². The molecule has 1 aromatic carbocycles. The van der Waals surface area contributed by atoms with E-state index in [0.29, 0.717) is 0 Å². The molecule has 26 heavy (non-hydrogen) atoms. The number of esters is 1. The number of nitrogens with zero attached hydrogens (tertiary/aromatic N) is 1. The van der Waals surface area contributed by atoms with Gasteiger partial charge in [0, 0.05) is 18.2 Å². The van der Waals surface area contributed by atoms with Gasteiger partial charge in [0.05, 0.1) is 18.6 Å². The summed E-state index contributed by atoms with van der Waals surface area (Å²) >= 11 is 0. The fourth-order valence-corrected chi connectivity index (χ4v) is 3.26. The fraction of sp³-hybridized carbons (Fsp3) is 0.579. The molecule has 0 heterocycles. The minimum Gasteiger partial charge on any atom is -0.466 e. The van der Waals surface area contributed by atoms with Crippen LogP contribution in [0.1, 0.15) is 61.4 Å². The molecule has 0 N–H and O–H groups in total. The van der Waals surface area contributed by atoms with Crippen molar-refractivity contribution in [3.63, 3.8) is 0 Å². The second kappa shape index (κ2) is 9.05. The number of rotatable bonds is 6. The molecular formula is C19H24F3NO3. The third-order valence-electron chi connectivity index (χ3n) is 4.60. The van der Waals surface area contributed by atoms with Gasteiger partial charge in [-0.05, 0) is 44.0 Å². The Kier molecular flexibility index (Phi) is 7.06. The van der Waals surface area contributed by atoms with E-state index in [2.05, 4.69) is 0 Å². The predicted molar refractivity (Wildman–Crippen MR) is 90.6 cm³/mol. The summed E-state index contributed by atoms with van der Waals surface area (Å²) < 4.78 is 43.0. The molecule has 4 nitrogen and oxygen atoms in total. The second-order valence-electron chi connectivity index (χ2n) is 6.42. The first-order valence-electron chi connectivity index (χ1n) is 8.96. The molecule has 144 valence electrons. The van der Waals surface area contributed by atoms with Gasteiger partial charge in [-0.2, -0.15) is 13.2 Å². The Bertz CT molecular complexity index is 607. The van der Waals surface area contributed by atoms with E-state index in [1.165, 1.54) is 12.1 Å². The zero-order valence-corrected chi connectivity index (χ0v) is 14.8. The van der Waals surface area contributed by atoms with Gasteiger partial charge in [0.25, 0.3) is 5.91 Å². The van der Waals surface area contributed by atoms with Gasteiger partial charge >= 0.3 is 12.1 Å². The summed E-state index contributed by atoms with van der Waals surface area (Å²) in [7, 11) is 0. The summed E-state index contributed by atoms with van der Waals surface area (Å²) in [6.07, 6.45) is 0.439. The molecule has 7 heteroatoms. The van der Waals surface area contributed by atoms with E-state index >= 15 is 0 Å². The zero-order valence-electron chi connectivity index (χ0n) is 14.8. The van der Waals surface area contributed by atoms with Crippen molar-refractivity contribution in [1.29, 1.82) is 0 Å². The van der Waals surface area contributed by atoms with Crippen LogP contribution in [-0.2, 0) is 15.7 Å². The molecule has 0 radical (unpaired) electrons. The molecule has 0 unspecified atom stereocenters. The fourth-order valence-electron chi connectivity index (χ4n) is 3.26. The maximum atomic E-state index is 12.9. The number of hydrogen-bond donors (Lipinski definition) is 0. The van der Waals surface area contributed by atoms with E-state index < -0.39 is 11.7 Å². The summed E-state index contributed by atoms with van der Waals surface area (Å²) in [4.78, 5) is 26.2. The highest BCUT2D eigenvalue weighted by Gasteiger charge is 2.31. The van der Waals surface area contributed by atoms with Crippen LogP contribution in [-0.4, -0.2) is 36.0 Å². The highest BCUT2D eigenvalue weighted by atomic mass is 19.4. The van der Waals surface area contributed by atoms with E-state index in [1.807, 2.05) is 0 Å². The second-order valence-corrected chi connectivity index (χ2v) is 6.42. The van der Waals surface area contributed by atoms with Crippen molar-refractivity contribution in [2.24, 2.45) is 0 Å². The van der Waals surface area contributed by atoms with Gasteiger partial charge in [0.15, 0.2) is 0 Å². The topological polar surface area (TPSA) is 46.6 Å². The maximum absolute atomic E-state index is 12.9. The lowest BCUT2D eigenvalue weighted by Gasteiger charge is -2.34. The van der Waals surface area contributed by atoms with Crippen molar-refractivity contribution in [1.82, 2.24) is 4.90 Å². The van der Waals surface area contributed by atoms with Crippen molar-refractivity contribution >= 4 is 11.9 Å². The molecule has 0 aromatic heterocycles. The molecule has 2 rings (SSSR count). The van der Waals surface area contributed by atoms with Gasteiger partial charge in [0.2, 0.25) is 0 Å². The minimum absolute atomic E-state index is 0.00738. The minimum atomic E-state index is -4.44. The molecule has 0 aliphatic heterocycles. The van der Waals surface area contributed by atoms with E-state index in [4.69, 9.17) is 4.74 Å². The molecule has 1 fully saturated rings. The summed E-state index contributed by atoms with van der Waals surface area (Å²) in [5.41, 5.74) is -0.586. The van der Waals surface area contributed by atoms with Crippen molar-refractivity contribution in [2.75, 3.05) is 13.2 Å². The Morgan fingerprint density at radius 1 is 1.12 bits per heavy atom. The SMILES string of the molecule is CCOC(=O)CCN(C(=O)c1ccc(C(F)(F)F)cc1)C1CCCCC1. The standard InChI is InChI=1S/C19H24F3NO3/c1-2-26-17(24)12-13-23(16-6-4-3-5-7-16)18(25)14-8-10-15(11-9-14)19(20,21)22/h8-11,16H,2-7,12-13H2,1H3. The first-order valence-corrected chi connectivity index (χ1v) is 8.96. The zero-order chi connectivity index (χ0) is 19.2. The Labute approximate surface area is 151 Å². The summed E-state index contributed by atoms with van der Waals surface area (Å²) in [6.45, 7) is 2.20. The van der Waals surface area contributed by atoms with Crippen LogP contribution >= 0.6 is 0 Å². The monoisotopic (exact) mass is 371 g/mol. The van der Waals surface area contributed by atoms with Gasteiger partial charge in [-0.15, -0.1) is 0 Å². The Balaban J connectivity index is 2.14. The molecular weight excluding hydrogens is 347 g/mol. The van der Waals surface area contributed by atoms with Gasteiger partial charge in [-0.3, -0.25) is 9.59 Å². The average molecular weight is 371 g/mol. The number of alkyl halides is 3. The summed E-state index contributed by atoms with van der Waals surface area (Å²) in [6, 6.07) is 4.24. The number of carbonyl (C=O) groups excluding carboxylic acids is 2. The normalized spacial score (nSPS) is 15.5. The number of benzene rings is 1. The molecule has 0 atom stereocenters. The molecule has 1 aliphatic carbocycles.